The first kappa shape index (κ1) is 16.3. The molecule has 0 aliphatic carbocycles. The average molecular weight is 247 g/mol. The normalized spacial score (nSPS) is 16.6. The second-order valence-corrected chi connectivity index (χ2v) is 4.84. The molecule has 0 fully saturated rings. The number of hydrogen-bond acceptors (Lipinski definition) is 5. The number of carbonyl (C=O) groups is 1. The zero-order valence-electron chi connectivity index (χ0n) is 11.2. The monoisotopic (exact) mass is 247 g/mol. The molecule has 17 heavy (non-hydrogen) atoms. The van der Waals surface area contributed by atoms with Gasteiger partial charge in [-0.05, 0) is 27.4 Å². The van der Waals surface area contributed by atoms with Crippen molar-refractivity contribution in [3.63, 3.8) is 0 Å². The first-order valence-electron chi connectivity index (χ1n) is 5.68. The molecule has 102 valence electrons. The molecule has 1 amide bonds. The van der Waals surface area contributed by atoms with Gasteiger partial charge in [-0.25, -0.2) is 0 Å². The van der Waals surface area contributed by atoms with Crippen LogP contribution in [0.2, 0.25) is 0 Å². The van der Waals surface area contributed by atoms with E-state index in [9.17, 15) is 9.90 Å². The number of nitrogens with one attached hydrogen (secondary N) is 1. The fraction of sp³-hybridized carbons (Fsp3) is 0.909. The number of hydrogen-bond donors (Lipinski definition) is 3. The number of amides is 1. The Labute approximate surface area is 103 Å². The first-order valence-corrected chi connectivity index (χ1v) is 5.68. The van der Waals surface area contributed by atoms with E-state index >= 15 is 0 Å². The van der Waals surface area contributed by atoms with Crippen LogP contribution in [0.3, 0.4) is 0 Å². The van der Waals surface area contributed by atoms with E-state index in [1.165, 1.54) is 0 Å². The number of rotatable bonds is 8. The third kappa shape index (κ3) is 8.09. The summed E-state index contributed by atoms with van der Waals surface area (Å²) in [7, 11) is 5.29. The van der Waals surface area contributed by atoms with Crippen molar-refractivity contribution in [2.45, 2.75) is 25.0 Å². The molecule has 2 unspecified atom stereocenters. The van der Waals surface area contributed by atoms with Crippen molar-refractivity contribution >= 4 is 5.91 Å². The topological polar surface area (TPSA) is 87.8 Å². The van der Waals surface area contributed by atoms with E-state index < -0.39 is 11.6 Å². The van der Waals surface area contributed by atoms with Crippen LogP contribution in [0, 0.1) is 0 Å². The number of nitrogens with zero attached hydrogens (tertiary/aromatic N) is 1. The van der Waals surface area contributed by atoms with Gasteiger partial charge in [0.1, 0.15) is 0 Å². The van der Waals surface area contributed by atoms with Crippen LogP contribution >= 0.6 is 0 Å². The maximum atomic E-state index is 11.6. The van der Waals surface area contributed by atoms with Gasteiger partial charge in [-0.2, -0.15) is 0 Å². The van der Waals surface area contributed by atoms with Gasteiger partial charge in [0.2, 0.25) is 5.91 Å². The van der Waals surface area contributed by atoms with Crippen LogP contribution in [0.5, 0.6) is 0 Å². The van der Waals surface area contributed by atoms with Gasteiger partial charge in [0.25, 0.3) is 0 Å². The maximum Gasteiger partial charge on any atom is 0.237 e. The van der Waals surface area contributed by atoms with Crippen LogP contribution in [-0.2, 0) is 9.53 Å². The van der Waals surface area contributed by atoms with Gasteiger partial charge >= 0.3 is 0 Å². The maximum absolute atomic E-state index is 11.6. The quantitative estimate of drug-likeness (QED) is 0.500. The average Bonchev–Trinajstić information content (AvgIpc) is 2.20. The highest BCUT2D eigenvalue weighted by molar-refractivity contribution is 5.81. The minimum atomic E-state index is -0.958. The summed E-state index contributed by atoms with van der Waals surface area (Å²) in [6.07, 6.45) is 0.470. The third-order valence-electron chi connectivity index (χ3n) is 2.27. The van der Waals surface area contributed by atoms with Crippen molar-refractivity contribution in [1.29, 1.82) is 0 Å². The van der Waals surface area contributed by atoms with Crippen LogP contribution in [0.1, 0.15) is 13.3 Å². The Hall–Kier alpha value is -0.690. The molecule has 6 heteroatoms. The number of likely N-dealkylation sites (N-methyl/N-ethyl adjacent to an activating group) is 1. The van der Waals surface area contributed by atoms with Crippen molar-refractivity contribution in [2.75, 3.05) is 40.9 Å². The highest BCUT2D eigenvalue weighted by Gasteiger charge is 2.23. The Bertz CT molecular complexity index is 232. The molecule has 0 bridgehead atoms. The molecule has 0 aromatic carbocycles. The lowest BCUT2D eigenvalue weighted by atomic mass is 10.1. The van der Waals surface area contributed by atoms with Gasteiger partial charge in [-0.1, -0.05) is 0 Å². The molecular weight excluding hydrogens is 222 g/mol. The molecule has 6 nitrogen and oxygen atoms in total. The number of methoxy groups -OCH3 is 1. The van der Waals surface area contributed by atoms with Crippen LogP contribution in [0.4, 0.5) is 0 Å². The largest absolute Gasteiger partial charge is 0.387 e. The minimum Gasteiger partial charge on any atom is -0.387 e. The van der Waals surface area contributed by atoms with Crippen molar-refractivity contribution in [3.8, 4) is 0 Å². The van der Waals surface area contributed by atoms with Crippen molar-refractivity contribution in [3.05, 3.63) is 0 Å². The molecule has 0 saturated heterocycles. The Kier molecular flexibility index (Phi) is 7.29. The Morgan fingerprint density at radius 3 is 2.65 bits per heavy atom. The zero-order chi connectivity index (χ0) is 13.5. The first-order chi connectivity index (χ1) is 7.78. The van der Waals surface area contributed by atoms with Crippen LogP contribution in [0.25, 0.3) is 0 Å². The molecular formula is C11H25N3O3. The van der Waals surface area contributed by atoms with Gasteiger partial charge in [0.15, 0.2) is 0 Å². The van der Waals surface area contributed by atoms with E-state index in [1.54, 1.807) is 14.0 Å². The van der Waals surface area contributed by atoms with Gasteiger partial charge < -0.3 is 25.8 Å². The van der Waals surface area contributed by atoms with E-state index in [1.807, 2.05) is 19.0 Å². The lowest BCUT2D eigenvalue weighted by Crippen LogP contribution is -2.50. The summed E-state index contributed by atoms with van der Waals surface area (Å²) in [5.41, 5.74) is 4.69. The number of nitrogens with two attached hydrogens (primary N) is 1. The van der Waals surface area contributed by atoms with E-state index in [0.29, 0.717) is 19.6 Å². The number of aliphatic hydroxyl groups is 1. The smallest absolute Gasteiger partial charge is 0.237 e. The second-order valence-electron chi connectivity index (χ2n) is 4.84. The van der Waals surface area contributed by atoms with Crippen LogP contribution in [-0.4, -0.2) is 68.5 Å². The van der Waals surface area contributed by atoms with Crippen molar-refractivity contribution < 1.29 is 14.6 Å². The molecule has 0 aromatic heterocycles. The van der Waals surface area contributed by atoms with Crippen molar-refractivity contribution in [1.82, 2.24) is 10.2 Å². The fourth-order valence-electron chi connectivity index (χ4n) is 1.52. The number of carbonyl (C=O) groups excluding carboxylic acids is 1. The fourth-order valence-corrected chi connectivity index (χ4v) is 1.52. The summed E-state index contributed by atoms with van der Waals surface area (Å²) in [6, 6.07) is -0.592. The second kappa shape index (κ2) is 7.60. The molecule has 0 radical (unpaired) electrons. The van der Waals surface area contributed by atoms with Gasteiger partial charge in [0, 0.05) is 26.8 Å². The summed E-state index contributed by atoms with van der Waals surface area (Å²) in [5.74, 6) is -0.263. The third-order valence-corrected chi connectivity index (χ3v) is 2.27. The minimum absolute atomic E-state index is 0.185. The molecule has 0 saturated carbocycles. The Morgan fingerprint density at radius 1 is 1.59 bits per heavy atom. The SMILES string of the molecule is COCCC(N)C(=O)NCC(C)(O)CN(C)C. The molecule has 4 N–H and O–H groups in total. The lowest BCUT2D eigenvalue weighted by molar-refractivity contribution is -0.124. The summed E-state index contributed by atoms with van der Waals surface area (Å²) < 4.78 is 4.84. The summed E-state index contributed by atoms with van der Waals surface area (Å²) in [5, 5.41) is 12.6. The molecule has 0 aromatic rings. The summed E-state index contributed by atoms with van der Waals surface area (Å²) in [4.78, 5) is 13.4. The zero-order valence-corrected chi connectivity index (χ0v) is 11.2. The van der Waals surface area contributed by atoms with E-state index in [-0.39, 0.29) is 12.5 Å². The highest BCUT2D eigenvalue weighted by Crippen LogP contribution is 2.02. The van der Waals surface area contributed by atoms with E-state index in [4.69, 9.17) is 10.5 Å². The van der Waals surface area contributed by atoms with E-state index in [0.717, 1.165) is 0 Å². The van der Waals surface area contributed by atoms with Crippen LogP contribution in [0.15, 0.2) is 0 Å². The lowest BCUT2D eigenvalue weighted by Gasteiger charge is -2.27. The van der Waals surface area contributed by atoms with Crippen molar-refractivity contribution in [2.24, 2.45) is 5.73 Å². The predicted octanol–water partition coefficient (Wildman–Crippen LogP) is -1.22. The molecule has 0 rings (SSSR count). The predicted molar refractivity (Wildman–Crippen MR) is 66.7 cm³/mol. The van der Waals surface area contributed by atoms with Crippen LogP contribution < -0.4 is 11.1 Å². The molecule has 2 atom stereocenters. The Balaban J connectivity index is 3.97. The highest BCUT2D eigenvalue weighted by atomic mass is 16.5. The van der Waals surface area contributed by atoms with Gasteiger partial charge in [-0.15, -0.1) is 0 Å². The van der Waals surface area contributed by atoms with Gasteiger partial charge in [-0.3, -0.25) is 4.79 Å². The summed E-state index contributed by atoms with van der Waals surface area (Å²) in [6.45, 7) is 2.78. The molecule has 0 aliphatic rings. The van der Waals surface area contributed by atoms with Gasteiger partial charge in [0.05, 0.1) is 11.6 Å². The van der Waals surface area contributed by atoms with E-state index in [2.05, 4.69) is 5.32 Å². The molecule has 0 heterocycles. The summed E-state index contributed by atoms with van der Waals surface area (Å²) >= 11 is 0. The standard InChI is InChI=1S/C11H25N3O3/c1-11(16,8-14(2)3)7-13-10(15)9(12)5-6-17-4/h9,16H,5-8,12H2,1-4H3,(H,13,15). The Morgan fingerprint density at radius 2 is 2.18 bits per heavy atom. The number of ether oxygens (including phenoxy) is 1. The molecule has 0 aliphatic heterocycles. The molecule has 0 spiro atoms.